The highest BCUT2D eigenvalue weighted by atomic mass is 16.6. The lowest BCUT2D eigenvalue weighted by molar-refractivity contribution is -0.158. The Bertz CT molecular complexity index is 825. The summed E-state index contributed by atoms with van der Waals surface area (Å²) in [7, 11) is 0. The van der Waals surface area contributed by atoms with Crippen molar-refractivity contribution in [2.45, 2.75) is 78.1 Å². The quantitative estimate of drug-likeness (QED) is 0.285. The second kappa shape index (κ2) is 11.1. The van der Waals surface area contributed by atoms with Crippen molar-refractivity contribution in [2.24, 2.45) is 35.5 Å². The minimum Gasteiger partial charge on any atom is -0.490 e. The van der Waals surface area contributed by atoms with Crippen molar-refractivity contribution >= 4 is 11.9 Å². The smallest absolute Gasteiger partial charge is 0.308 e. The molecule has 4 aliphatic rings. The van der Waals surface area contributed by atoms with Gasteiger partial charge in [0.15, 0.2) is 0 Å². The van der Waals surface area contributed by atoms with Crippen LogP contribution in [0.1, 0.15) is 59.8 Å². The molecule has 6 heteroatoms. The van der Waals surface area contributed by atoms with Crippen LogP contribution in [0.3, 0.4) is 0 Å². The van der Waals surface area contributed by atoms with Crippen LogP contribution in [0.15, 0.2) is 30.3 Å². The molecule has 6 nitrogen and oxygen atoms in total. The molecule has 4 fully saturated rings. The molecule has 0 N–H and O–H groups in total. The predicted molar refractivity (Wildman–Crippen MR) is 128 cm³/mol. The van der Waals surface area contributed by atoms with Crippen LogP contribution in [-0.2, 0) is 23.8 Å². The second-order valence-electron chi connectivity index (χ2n) is 10.4. The maximum Gasteiger partial charge on any atom is 0.308 e. The average Bonchev–Trinajstić information content (AvgIpc) is 3.17. The van der Waals surface area contributed by atoms with E-state index in [0.717, 1.165) is 36.8 Å². The fourth-order valence-electron chi connectivity index (χ4n) is 5.94. The molecular weight excluding hydrogens is 432 g/mol. The van der Waals surface area contributed by atoms with E-state index in [1.54, 1.807) is 0 Å². The first kappa shape index (κ1) is 25.0. The molecule has 9 unspecified atom stereocenters. The van der Waals surface area contributed by atoms with Crippen molar-refractivity contribution in [1.82, 2.24) is 0 Å². The van der Waals surface area contributed by atoms with Gasteiger partial charge in [-0.3, -0.25) is 9.59 Å². The van der Waals surface area contributed by atoms with Crippen LogP contribution >= 0.6 is 0 Å². The molecule has 0 radical (unpaired) electrons. The number of benzene rings is 1. The van der Waals surface area contributed by atoms with E-state index in [-0.39, 0.29) is 29.9 Å². The molecule has 1 heterocycles. The van der Waals surface area contributed by atoms with Crippen LogP contribution in [0.2, 0.25) is 0 Å². The van der Waals surface area contributed by atoms with Crippen molar-refractivity contribution in [3.05, 3.63) is 30.3 Å². The van der Waals surface area contributed by atoms with E-state index in [9.17, 15) is 9.59 Å². The Morgan fingerprint density at radius 2 is 1.65 bits per heavy atom. The van der Waals surface area contributed by atoms with Gasteiger partial charge in [0.25, 0.3) is 0 Å². The molecule has 0 spiro atoms. The Morgan fingerprint density at radius 3 is 2.35 bits per heavy atom. The van der Waals surface area contributed by atoms with Crippen molar-refractivity contribution < 1.29 is 28.5 Å². The summed E-state index contributed by atoms with van der Waals surface area (Å²) in [6.07, 6.45) is 6.64. The third kappa shape index (κ3) is 5.59. The van der Waals surface area contributed by atoms with Crippen molar-refractivity contribution in [3.8, 4) is 5.75 Å². The molecule has 2 bridgehead atoms. The summed E-state index contributed by atoms with van der Waals surface area (Å²) in [5.41, 5.74) is 0. The maximum atomic E-state index is 11.9. The molecule has 1 aromatic carbocycles. The van der Waals surface area contributed by atoms with Gasteiger partial charge in [0, 0.05) is 5.92 Å². The van der Waals surface area contributed by atoms with Gasteiger partial charge >= 0.3 is 11.9 Å². The zero-order chi connectivity index (χ0) is 24.2. The third-order valence-electron chi connectivity index (χ3n) is 8.32. The Kier molecular flexibility index (Phi) is 8.18. The molecule has 188 valence electrons. The first-order valence-corrected chi connectivity index (χ1v) is 13.1. The highest BCUT2D eigenvalue weighted by Gasteiger charge is 2.67. The lowest BCUT2D eigenvalue weighted by Crippen LogP contribution is -2.35. The molecule has 1 aromatic rings. The van der Waals surface area contributed by atoms with E-state index in [1.807, 2.05) is 58.0 Å². The first-order chi connectivity index (χ1) is 16.4. The zero-order valence-electron chi connectivity index (χ0n) is 21.0. The van der Waals surface area contributed by atoms with Gasteiger partial charge in [-0.2, -0.15) is 0 Å². The monoisotopic (exact) mass is 472 g/mol. The van der Waals surface area contributed by atoms with Crippen molar-refractivity contribution in [2.75, 3.05) is 13.2 Å². The van der Waals surface area contributed by atoms with E-state index in [2.05, 4.69) is 0 Å². The summed E-state index contributed by atoms with van der Waals surface area (Å²) in [6.45, 7) is 8.54. The van der Waals surface area contributed by atoms with Gasteiger partial charge in [-0.1, -0.05) is 45.9 Å². The SMILES string of the molecule is CCC(C)C(=O)OC1CC2CC1C1C2CC2OC21.CCC(C)C(=O)OCCOc1ccccc1. The fraction of sp³-hybridized carbons (Fsp3) is 0.714. The van der Waals surface area contributed by atoms with Gasteiger partial charge in [0.2, 0.25) is 0 Å². The second-order valence-corrected chi connectivity index (χ2v) is 10.4. The first-order valence-electron chi connectivity index (χ1n) is 13.1. The van der Waals surface area contributed by atoms with E-state index >= 15 is 0 Å². The molecule has 9 atom stereocenters. The number of esters is 2. The lowest BCUT2D eigenvalue weighted by Gasteiger charge is -2.32. The van der Waals surface area contributed by atoms with E-state index < -0.39 is 0 Å². The number of carbonyl (C=O) groups excluding carboxylic acids is 2. The summed E-state index contributed by atoms with van der Waals surface area (Å²) < 4.78 is 21.9. The number of hydrogen-bond donors (Lipinski definition) is 0. The topological polar surface area (TPSA) is 74.4 Å². The van der Waals surface area contributed by atoms with Gasteiger partial charge < -0.3 is 18.9 Å². The number of fused-ring (bicyclic) bond motifs is 7. The third-order valence-corrected chi connectivity index (χ3v) is 8.32. The summed E-state index contributed by atoms with van der Waals surface area (Å²) in [4.78, 5) is 23.2. The Balaban J connectivity index is 0.000000163. The number of hydrogen-bond acceptors (Lipinski definition) is 6. The summed E-state index contributed by atoms with van der Waals surface area (Å²) in [5.74, 6) is 3.68. The van der Waals surface area contributed by atoms with E-state index in [4.69, 9.17) is 18.9 Å². The zero-order valence-corrected chi connectivity index (χ0v) is 21.0. The lowest BCUT2D eigenvalue weighted by atomic mass is 9.79. The van der Waals surface area contributed by atoms with E-state index in [1.165, 1.54) is 12.8 Å². The number of epoxide rings is 1. The Hall–Kier alpha value is -2.08. The maximum absolute atomic E-state index is 11.9. The highest BCUT2D eigenvalue weighted by Crippen LogP contribution is 2.64. The molecule has 0 amide bonds. The minimum atomic E-state index is -0.154. The van der Waals surface area contributed by atoms with E-state index in [0.29, 0.717) is 37.3 Å². The van der Waals surface area contributed by atoms with Gasteiger partial charge in [-0.15, -0.1) is 0 Å². The molecule has 34 heavy (non-hydrogen) atoms. The largest absolute Gasteiger partial charge is 0.490 e. The minimum absolute atomic E-state index is 0.0119. The standard InChI is InChI=1S/C15H22O3.C13H18O3/c1-3-7(2)15(16)18-11-5-8-4-10(11)13-9(8)6-12-14(13)17-12;1-3-11(2)13(14)16-10-9-15-12-7-5-4-6-8-12/h7-14H,3-6H2,1-2H3;4-8,11H,3,9-10H2,1-2H3. The van der Waals surface area contributed by atoms with Crippen LogP contribution in [0, 0.1) is 35.5 Å². The van der Waals surface area contributed by atoms with Crippen LogP contribution in [0.4, 0.5) is 0 Å². The fourth-order valence-corrected chi connectivity index (χ4v) is 5.94. The van der Waals surface area contributed by atoms with Crippen molar-refractivity contribution in [1.29, 1.82) is 0 Å². The Labute approximate surface area is 203 Å². The molecule has 1 aliphatic heterocycles. The van der Waals surface area contributed by atoms with Gasteiger partial charge in [-0.25, -0.2) is 0 Å². The molecule has 1 saturated heterocycles. The number of para-hydroxylation sites is 1. The molecule has 3 aliphatic carbocycles. The number of carbonyl (C=O) groups is 2. The Morgan fingerprint density at radius 1 is 0.941 bits per heavy atom. The highest BCUT2D eigenvalue weighted by molar-refractivity contribution is 5.72. The average molecular weight is 473 g/mol. The number of rotatable bonds is 9. The van der Waals surface area contributed by atoms with Crippen LogP contribution < -0.4 is 4.74 Å². The predicted octanol–water partition coefficient (Wildman–Crippen LogP) is 5.04. The molecule has 5 rings (SSSR count). The molecular formula is C28H40O6. The summed E-state index contributed by atoms with van der Waals surface area (Å²) >= 11 is 0. The number of ether oxygens (including phenoxy) is 4. The van der Waals surface area contributed by atoms with Crippen LogP contribution in [0.5, 0.6) is 5.75 Å². The summed E-state index contributed by atoms with van der Waals surface area (Å²) in [5, 5.41) is 0. The normalized spacial score (nSPS) is 33.6. The molecule has 0 aromatic heterocycles. The molecule has 3 saturated carbocycles. The van der Waals surface area contributed by atoms with Gasteiger partial charge in [0.1, 0.15) is 25.1 Å². The van der Waals surface area contributed by atoms with Gasteiger partial charge in [0.05, 0.1) is 24.0 Å². The van der Waals surface area contributed by atoms with Crippen molar-refractivity contribution in [3.63, 3.8) is 0 Å². The van der Waals surface area contributed by atoms with Gasteiger partial charge in [-0.05, 0) is 62.0 Å². The van der Waals surface area contributed by atoms with Crippen LogP contribution in [-0.4, -0.2) is 43.5 Å². The van der Waals surface area contributed by atoms with Crippen LogP contribution in [0.25, 0.3) is 0 Å². The summed E-state index contributed by atoms with van der Waals surface area (Å²) in [6, 6.07) is 9.48.